The number of nitrogens with one attached hydrogen (secondary N) is 2. The first-order valence-corrected chi connectivity index (χ1v) is 4.20. The third kappa shape index (κ3) is 1.94. The van der Waals surface area contributed by atoms with Crippen LogP contribution >= 0.6 is 15.9 Å². The molecule has 4 nitrogen and oxygen atoms in total. The van der Waals surface area contributed by atoms with Crippen LogP contribution < -0.4 is 11.3 Å². The molecule has 1 rings (SSSR count). The fourth-order valence-corrected chi connectivity index (χ4v) is 1.34. The summed E-state index contributed by atoms with van der Waals surface area (Å²) in [5.74, 6) is 0. The van der Waals surface area contributed by atoms with Gasteiger partial charge in [0.25, 0.3) is 5.56 Å². The molecule has 5 heteroatoms. The predicted molar refractivity (Wildman–Crippen MR) is 46.5 cm³/mol. The first-order chi connectivity index (χ1) is 5.25. The quantitative estimate of drug-likeness (QED) is 0.687. The van der Waals surface area contributed by atoms with Gasteiger partial charge in [-0.1, -0.05) is 0 Å². The second-order valence-corrected chi connectivity index (χ2v) is 3.06. The maximum atomic E-state index is 11.0. The van der Waals surface area contributed by atoms with Gasteiger partial charge in [-0.3, -0.25) is 15.0 Å². The fourth-order valence-electron chi connectivity index (χ4n) is 0.864. The highest BCUT2D eigenvalue weighted by Gasteiger charge is 2.05. The van der Waals surface area contributed by atoms with E-state index < -0.39 is 0 Å². The van der Waals surface area contributed by atoms with Crippen LogP contribution in [0.2, 0.25) is 0 Å². The molecule has 1 heterocycles. The third-order valence-electron chi connectivity index (χ3n) is 1.46. The highest BCUT2D eigenvalue weighted by atomic mass is 79.9. The second kappa shape index (κ2) is 3.73. The number of hydrogen-bond acceptors (Lipinski definition) is 2. The van der Waals surface area contributed by atoms with Crippen molar-refractivity contribution in [3.05, 3.63) is 20.5 Å². The molecule has 0 saturated carbocycles. The Hall–Kier alpha value is -0.550. The van der Waals surface area contributed by atoms with Crippen molar-refractivity contribution in [1.29, 1.82) is 0 Å². The van der Waals surface area contributed by atoms with Crippen LogP contribution in [0.4, 0.5) is 0 Å². The average Bonchev–Trinajstić information content (AvgIpc) is 2.29. The molecule has 0 fully saturated rings. The van der Waals surface area contributed by atoms with Crippen LogP contribution in [-0.4, -0.2) is 16.7 Å². The number of hydrogen-bond donors (Lipinski definition) is 3. The van der Waals surface area contributed by atoms with Gasteiger partial charge in [-0.25, -0.2) is 0 Å². The third-order valence-corrected chi connectivity index (χ3v) is 2.13. The molecule has 4 N–H and O–H groups in total. The molecule has 1 aromatic heterocycles. The average molecular weight is 220 g/mol. The van der Waals surface area contributed by atoms with Crippen LogP contribution in [0.25, 0.3) is 0 Å². The van der Waals surface area contributed by atoms with Gasteiger partial charge < -0.3 is 5.73 Å². The minimum Gasteiger partial charge on any atom is -0.330 e. The maximum Gasteiger partial charge on any atom is 0.268 e. The number of H-pyrrole nitrogens is 2. The lowest BCUT2D eigenvalue weighted by atomic mass is 10.2. The summed E-state index contributed by atoms with van der Waals surface area (Å²) in [6.07, 6.45) is 1.55. The smallest absolute Gasteiger partial charge is 0.268 e. The lowest BCUT2D eigenvalue weighted by Gasteiger charge is -1.92. The van der Waals surface area contributed by atoms with Gasteiger partial charge in [0, 0.05) is 0 Å². The van der Waals surface area contributed by atoms with Crippen LogP contribution in [-0.2, 0) is 6.42 Å². The molecular weight excluding hydrogens is 210 g/mol. The fraction of sp³-hybridized carbons (Fsp3) is 0.500. The number of nitrogens with two attached hydrogens (primary N) is 1. The molecule has 0 atom stereocenters. The molecule has 11 heavy (non-hydrogen) atoms. The summed E-state index contributed by atoms with van der Waals surface area (Å²) in [7, 11) is 0. The van der Waals surface area contributed by atoms with Crippen molar-refractivity contribution in [2.75, 3.05) is 6.54 Å². The van der Waals surface area contributed by atoms with Crippen LogP contribution in [0.5, 0.6) is 0 Å². The first kappa shape index (κ1) is 8.55. The van der Waals surface area contributed by atoms with Gasteiger partial charge in [-0.05, 0) is 35.3 Å². The van der Waals surface area contributed by atoms with Crippen molar-refractivity contribution < 1.29 is 0 Å². The van der Waals surface area contributed by atoms with Crippen LogP contribution in [0.15, 0.2) is 9.40 Å². The standard InChI is InChI=1S/C6H10BrN3O/c7-5-4(2-1-3-8)6(11)10-9-5/h1-3,8H2,(H2,9,10,11). The molecule has 0 amide bonds. The predicted octanol–water partition coefficient (Wildman–Crippen LogP) is 0.357. The minimum absolute atomic E-state index is 0.0645. The summed E-state index contributed by atoms with van der Waals surface area (Å²) in [4.78, 5) is 11.0. The summed E-state index contributed by atoms with van der Waals surface area (Å²) < 4.78 is 0.732. The number of halogens is 1. The summed E-state index contributed by atoms with van der Waals surface area (Å²) in [6, 6.07) is 0. The summed E-state index contributed by atoms with van der Waals surface area (Å²) in [6.45, 7) is 0.608. The topological polar surface area (TPSA) is 74.7 Å². The molecule has 0 bridgehead atoms. The van der Waals surface area contributed by atoms with Crippen molar-refractivity contribution in [2.45, 2.75) is 12.8 Å². The van der Waals surface area contributed by atoms with E-state index in [1.54, 1.807) is 0 Å². The molecule has 1 aromatic rings. The Kier molecular flexibility index (Phi) is 2.90. The molecule has 0 saturated heterocycles. The molecule has 0 aliphatic rings. The summed E-state index contributed by atoms with van der Waals surface area (Å²) >= 11 is 3.22. The van der Waals surface area contributed by atoms with Gasteiger partial charge in [0.15, 0.2) is 0 Å². The van der Waals surface area contributed by atoms with Gasteiger partial charge >= 0.3 is 0 Å². The van der Waals surface area contributed by atoms with Gasteiger partial charge in [-0.2, -0.15) is 0 Å². The van der Waals surface area contributed by atoms with E-state index in [1.165, 1.54) is 0 Å². The highest BCUT2D eigenvalue weighted by Crippen LogP contribution is 2.09. The van der Waals surface area contributed by atoms with Gasteiger partial charge in [-0.15, -0.1) is 0 Å². The Balaban J connectivity index is 2.75. The zero-order chi connectivity index (χ0) is 8.27. The van der Waals surface area contributed by atoms with E-state index in [4.69, 9.17) is 5.73 Å². The molecule has 0 aliphatic carbocycles. The van der Waals surface area contributed by atoms with E-state index in [1.807, 2.05) is 0 Å². The Bertz CT molecular complexity index is 278. The van der Waals surface area contributed by atoms with Crippen molar-refractivity contribution in [1.82, 2.24) is 10.2 Å². The number of rotatable bonds is 3. The van der Waals surface area contributed by atoms with Gasteiger partial charge in [0.1, 0.15) is 4.60 Å². The Morgan fingerprint density at radius 3 is 2.64 bits per heavy atom. The summed E-state index contributed by atoms with van der Waals surface area (Å²) in [5.41, 5.74) is 5.99. The SMILES string of the molecule is NCCCc1c(Br)[nH][nH]c1=O. The van der Waals surface area contributed by atoms with Crippen molar-refractivity contribution in [2.24, 2.45) is 5.73 Å². The molecule has 0 radical (unpaired) electrons. The molecule has 0 spiro atoms. The molecule has 62 valence electrons. The lowest BCUT2D eigenvalue weighted by Crippen LogP contribution is -2.08. The largest absolute Gasteiger partial charge is 0.330 e. The number of aromatic amines is 2. The Morgan fingerprint density at radius 2 is 2.18 bits per heavy atom. The normalized spacial score (nSPS) is 10.4. The van der Waals surface area contributed by atoms with Gasteiger partial charge in [0.2, 0.25) is 0 Å². The molecule has 0 aromatic carbocycles. The van der Waals surface area contributed by atoms with E-state index in [2.05, 4.69) is 26.1 Å². The minimum atomic E-state index is -0.0645. The van der Waals surface area contributed by atoms with E-state index in [0.717, 1.165) is 23.0 Å². The Labute approximate surface area is 72.3 Å². The van der Waals surface area contributed by atoms with E-state index in [9.17, 15) is 4.79 Å². The van der Waals surface area contributed by atoms with E-state index in [-0.39, 0.29) is 5.56 Å². The van der Waals surface area contributed by atoms with E-state index in [0.29, 0.717) is 6.54 Å². The molecule has 0 unspecified atom stereocenters. The highest BCUT2D eigenvalue weighted by molar-refractivity contribution is 9.10. The zero-order valence-electron chi connectivity index (χ0n) is 5.98. The van der Waals surface area contributed by atoms with Crippen LogP contribution in [0.3, 0.4) is 0 Å². The molecular formula is C6H10BrN3O. The first-order valence-electron chi connectivity index (χ1n) is 3.40. The van der Waals surface area contributed by atoms with E-state index >= 15 is 0 Å². The molecule has 0 aliphatic heterocycles. The zero-order valence-corrected chi connectivity index (χ0v) is 7.57. The van der Waals surface area contributed by atoms with Crippen molar-refractivity contribution in [3.63, 3.8) is 0 Å². The van der Waals surface area contributed by atoms with Crippen LogP contribution in [0, 0.1) is 0 Å². The van der Waals surface area contributed by atoms with Crippen molar-refractivity contribution >= 4 is 15.9 Å². The van der Waals surface area contributed by atoms with Crippen molar-refractivity contribution in [3.8, 4) is 0 Å². The number of aromatic nitrogens is 2. The van der Waals surface area contributed by atoms with Crippen LogP contribution in [0.1, 0.15) is 12.0 Å². The van der Waals surface area contributed by atoms with Gasteiger partial charge in [0.05, 0.1) is 5.56 Å². The second-order valence-electron chi connectivity index (χ2n) is 2.26. The lowest BCUT2D eigenvalue weighted by molar-refractivity contribution is 0.826. The summed E-state index contributed by atoms with van der Waals surface area (Å²) in [5, 5.41) is 5.16. The monoisotopic (exact) mass is 219 g/mol. The Morgan fingerprint density at radius 1 is 1.45 bits per heavy atom. The maximum absolute atomic E-state index is 11.0.